The van der Waals surface area contributed by atoms with E-state index >= 15 is 0 Å². The van der Waals surface area contributed by atoms with Crippen molar-refractivity contribution in [2.45, 2.75) is 12.8 Å². The van der Waals surface area contributed by atoms with Gasteiger partial charge in [-0.2, -0.15) is 0 Å². The van der Waals surface area contributed by atoms with Gasteiger partial charge in [-0.05, 0) is 60.8 Å². The summed E-state index contributed by atoms with van der Waals surface area (Å²) < 4.78 is 40.2. The highest BCUT2D eigenvalue weighted by Gasteiger charge is 2.08. The number of hydrogen-bond acceptors (Lipinski definition) is 2. The summed E-state index contributed by atoms with van der Waals surface area (Å²) in [5.74, 6) is 6.05. The fourth-order valence-corrected chi connectivity index (χ4v) is 2.09. The van der Waals surface area contributed by atoms with Gasteiger partial charge in [0.1, 0.15) is 11.6 Å². The monoisotopic (exact) mass is 355 g/mol. The molecule has 2 rings (SSSR count). The summed E-state index contributed by atoms with van der Waals surface area (Å²) in [6.07, 6.45) is 1.11. The van der Waals surface area contributed by atoms with E-state index in [4.69, 9.17) is 0 Å². The average Bonchev–Trinajstić information content (AvgIpc) is 2.60. The summed E-state index contributed by atoms with van der Waals surface area (Å²) in [7, 11) is 0. The minimum Gasteiger partial charge on any atom is -0.251 e. The van der Waals surface area contributed by atoms with Crippen molar-refractivity contribution in [1.29, 1.82) is 0 Å². The normalized spacial score (nSPS) is 9.24. The molecule has 0 atom stereocenters. The van der Waals surface area contributed by atoms with Gasteiger partial charge in [0.15, 0.2) is 0 Å². The molecule has 0 spiro atoms. The minimum atomic E-state index is -0.803. The summed E-state index contributed by atoms with van der Waals surface area (Å²) in [6, 6.07) is 11.5. The van der Waals surface area contributed by atoms with E-state index in [-0.39, 0.29) is 17.8 Å². The van der Waals surface area contributed by atoms with Crippen LogP contribution >= 0.6 is 12.2 Å². The minimum absolute atomic E-state index is 0.131. The zero-order valence-corrected chi connectivity index (χ0v) is 13.9. The van der Waals surface area contributed by atoms with Gasteiger partial charge in [-0.25, -0.2) is 8.78 Å². The Labute approximate surface area is 149 Å². The Kier molecular flexibility index (Phi) is 6.99. The predicted octanol–water partition coefficient (Wildman–Crippen LogP) is 4.68. The maximum Gasteiger partial charge on any atom is 0.143 e. The molecular formula is C20H12F3NS. The van der Waals surface area contributed by atoms with E-state index in [1.165, 1.54) is 0 Å². The molecule has 2 aromatic rings. The molecule has 124 valence electrons. The van der Waals surface area contributed by atoms with Gasteiger partial charge in [0.25, 0.3) is 0 Å². The third-order valence-corrected chi connectivity index (χ3v) is 3.32. The van der Waals surface area contributed by atoms with Crippen molar-refractivity contribution < 1.29 is 13.2 Å². The number of benzene rings is 2. The lowest BCUT2D eigenvalue weighted by Gasteiger charge is -2.00. The molecule has 0 aliphatic rings. The van der Waals surface area contributed by atoms with E-state index < -0.39 is 11.6 Å². The molecule has 0 bridgehead atoms. The van der Waals surface area contributed by atoms with Crippen molar-refractivity contribution in [3.8, 4) is 23.8 Å². The SMILES string of the molecule is FCCCc1ccc(C#Cc2c(F)cc(C#CN=C=S)cc2F)cc1. The molecule has 2 aromatic carbocycles. The highest BCUT2D eigenvalue weighted by molar-refractivity contribution is 7.78. The van der Waals surface area contributed by atoms with Crippen LogP contribution in [0.5, 0.6) is 0 Å². The molecule has 0 aromatic heterocycles. The second-order valence-corrected chi connectivity index (χ2v) is 5.18. The van der Waals surface area contributed by atoms with Crippen LogP contribution in [0.3, 0.4) is 0 Å². The van der Waals surface area contributed by atoms with Gasteiger partial charge >= 0.3 is 0 Å². The first kappa shape index (κ1) is 18.5. The van der Waals surface area contributed by atoms with Crippen LogP contribution in [0.1, 0.15) is 28.7 Å². The highest BCUT2D eigenvalue weighted by atomic mass is 32.1. The van der Waals surface area contributed by atoms with E-state index in [0.717, 1.165) is 17.7 Å². The van der Waals surface area contributed by atoms with Crippen molar-refractivity contribution in [3.05, 3.63) is 70.3 Å². The van der Waals surface area contributed by atoms with Gasteiger partial charge in [-0.15, -0.1) is 4.99 Å². The van der Waals surface area contributed by atoms with Crippen molar-refractivity contribution in [1.82, 2.24) is 0 Å². The lowest BCUT2D eigenvalue weighted by atomic mass is 10.1. The van der Waals surface area contributed by atoms with Gasteiger partial charge in [0.05, 0.1) is 23.4 Å². The number of aryl methyl sites for hydroxylation is 1. The molecule has 0 unspecified atom stereocenters. The molecule has 0 aliphatic heterocycles. The smallest absolute Gasteiger partial charge is 0.143 e. The molecule has 25 heavy (non-hydrogen) atoms. The van der Waals surface area contributed by atoms with E-state index in [0.29, 0.717) is 18.4 Å². The van der Waals surface area contributed by atoms with Crippen molar-refractivity contribution in [3.63, 3.8) is 0 Å². The number of halogens is 3. The molecule has 0 radical (unpaired) electrons. The Hall–Kier alpha value is -2.85. The Bertz CT molecular complexity index is 898. The Morgan fingerprint density at radius 3 is 2.20 bits per heavy atom. The van der Waals surface area contributed by atoms with Crippen LogP contribution in [0.15, 0.2) is 41.4 Å². The molecular weight excluding hydrogens is 343 g/mol. The first-order valence-corrected chi connectivity index (χ1v) is 7.78. The summed E-state index contributed by atoms with van der Waals surface area (Å²) >= 11 is 4.35. The maximum atomic E-state index is 14.0. The van der Waals surface area contributed by atoms with Crippen molar-refractivity contribution in [2.75, 3.05) is 6.67 Å². The Balaban J connectivity index is 2.22. The highest BCUT2D eigenvalue weighted by Crippen LogP contribution is 2.14. The van der Waals surface area contributed by atoms with Crippen LogP contribution in [0, 0.1) is 35.4 Å². The second-order valence-electron chi connectivity index (χ2n) is 4.99. The Morgan fingerprint density at radius 2 is 1.60 bits per heavy atom. The third kappa shape index (κ3) is 5.62. The van der Waals surface area contributed by atoms with Crippen LogP contribution in [0.2, 0.25) is 0 Å². The summed E-state index contributed by atoms with van der Waals surface area (Å²) in [4.78, 5) is 3.36. The summed E-state index contributed by atoms with van der Waals surface area (Å²) in [5, 5.41) is 2.04. The number of rotatable bonds is 3. The van der Waals surface area contributed by atoms with Crippen LogP contribution in [-0.2, 0) is 6.42 Å². The largest absolute Gasteiger partial charge is 0.251 e. The van der Waals surface area contributed by atoms with E-state index in [1.54, 1.807) is 12.1 Å². The molecule has 0 saturated heterocycles. The predicted molar refractivity (Wildman–Crippen MR) is 95.0 cm³/mol. The van der Waals surface area contributed by atoms with Crippen molar-refractivity contribution >= 4 is 17.4 Å². The molecule has 0 aliphatic carbocycles. The van der Waals surface area contributed by atoms with Crippen LogP contribution in [-0.4, -0.2) is 11.8 Å². The molecule has 1 nitrogen and oxygen atoms in total. The number of nitrogens with zero attached hydrogens (tertiary/aromatic N) is 1. The third-order valence-electron chi connectivity index (χ3n) is 3.23. The van der Waals surface area contributed by atoms with Crippen LogP contribution < -0.4 is 0 Å². The van der Waals surface area contributed by atoms with Crippen molar-refractivity contribution in [2.24, 2.45) is 4.99 Å². The first-order chi connectivity index (χ1) is 12.1. The quantitative estimate of drug-likeness (QED) is 0.442. The van der Waals surface area contributed by atoms with Gasteiger partial charge in [0, 0.05) is 11.1 Å². The van der Waals surface area contributed by atoms with Gasteiger partial charge in [0.2, 0.25) is 0 Å². The molecule has 0 heterocycles. The number of thiocarbonyl (C=S) groups is 1. The second kappa shape index (κ2) is 9.45. The number of hydrogen-bond donors (Lipinski definition) is 0. The van der Waals surface area contributed by atoms with E-state index in [2.05, 4.69) is 41.0 Å². The molecule has 0 fully saturated rings. The number of alkyl halides is 1. The number of aliphatic imine (C=N–C) groups is 1. The van der Waals surface area contributed by atoms with Gasteiger partial charge in [-0.3, -0.25) is 4.39 Å². The zero-order chi connectivity index (χ0) is 18.1. The summed E-state index contributed by atoms with van der Waals surface area (Å²) in [5.41, 5.74) is 1.40. The van der Waals surface area contributed by atoms with E-state index in [9.17, 15) is 13.2 Å². The van der Waals surface area contributed by atoms with Gasteiger partial charge < -0.3 is 0 Å². The average molecular weight is 355 g/mol. The maximum absolute atomic E-state index is 14.0. The number of isothiocyanates is 1. The summed E-state index contributed by atoms with van der Waals surface area (Å²) in [6.45, 7) is -0.363. The molecule has 0 N–H and O–H groups in total. The standard InChI is InChI=1S/C20H12F3NS/c21-10-1-2-15-3-5-16(6-4-15)7-8-18-19(22)12-17(13-20(18)23)9-11-24-14-25/h3-6,12-13H,1-2,10H2. The fourth-order valence-electron chi connectivity index (χ4n) is 2.04. The molecule has 0 saturated carbocycles. The fraction of sp³-hybridized carbons (Fsp3) is 0.150. The zero-order valence-electron chi connectivity index (χ0n) is 13.1. The van der Waals surface area contributed by atoms with Crippen LogP contribution in [0.4, 0.5) is 13.2 Å². The lowest BCUT2D eigenvalue weighted by molar-refractivity contribution is 0.473. The molecule has 0 amide bonds. The molecule has 5 heteroatoms. The topological polar surface area (TPSA) is 12.4 Å². The van der Waals surface area contributed by atoms with E-state index in [1.807, 2.05) is 17.3 Å². The Morgan fingerprint density at radius 1 is 0.920 bits per heavy atom. The van der Waals surface area contributed by atoms with Gasteiger partial charge in [-0.1, -0.05) is 24.0 Å². The first-order valence-electron chi connectivity index (χ1n) is 7.38. The van der Waals surface area contributed by atoms with Crippen LogP contribution in [0.25, 0.3) is 0 Å². The lowest BCUT2D eigenvalue weighted by Crippen LogP contribution is -1.92.